The van der Waals surface area contributed by atoms with Crippen LogP contribution in [-0.4, -0.2) is 37.0 Å². The summed E-state index contributed by atoms with van der Waals surface area (Å²) >= 11 is 0. The van der Waals surface area contributed by atoms with Gasteiger partial charge in [0, 0.05) is 19.5 Å². The minimum Gasteiger partial charge on any atom is -0.741 e. The fourth-order valence-corrected chi connectivity index (χ4v) is 0. The third kappa shape index (κ3) is 9.70. The summed E-state index contributed by atoms with van der Waals surface area (Å²) in [5.74, 6) is 0. The Labute approximate surface area is 103 Å². The van der Waals surface area contributed by atoms with E-state index in [2.05, 4.69) is 0 Å². The van der Waals surface area contributed by atoms with E-state index in [1.165, 1.54) is 0 Å². The van der Waals surface area contributed by atoms with Gasteiger partial charge in [0.15, 0.2) is 20.2 Å². The van der Waals surface area contributed by atoms with Gasteiger partial charge in [0.05, 0.1) is 0 Å². The van der Waals surface area contributed by atoms with Crippen molar-refractivity contribution < 1.29 is 71.8 Å². The molecule has 17 heavy (non-hydrogen) atoms. The van der Waals surface area contributed by atoms with Gasteiger partial charge in [-0.15, -0.1) is 0 Å². The quantitative estimate of drug-likeness (QED) is 0.261. The van der Waals surface area contributed by atoms with E-state index in [9.17, 15) is 26.3 Å². The van der Waals surface area contributed by atoms with Gasteiger partial charge in [-0.3, -0.25) is 0 Å². The molecule has 0 radical (unpaired) electrons. The van der Waals surface area contributed by atoms with Gasteiger partial charge in [-0.05, 0) is 0 Å². The van der Waals surface area contributed by atoms with Crippen molar-refractivity contribution in [2.45, 2.75) is 11.0 Å². The smallest absolute Gasteiger partial charge is 0.485 e. The first-order chi connectivity index (χ1) is 6.50. The Kier molecular flexibility index (Phi) is 8.19. The molecule has 0 spiro atoms. The third-order valence-corrected chi connectivity index (χ3v) is 1.70. The van der Waals surface area contributed by atoms with E-state index in [0.29, 0.717) is 0 Å². The van der Waals surface area contributed by atoms with Gasteiger partial charge >= 0.3 is 11.0 Å². The average molecular weight is 364 g/mol. The normalized spacial score (nSPS) is 13.2. The Bertz CT molecular complexity index is 374. The Balaban J connectivity index is -0.000000218. The molecule has 0 bridgehead atoms. The van der Waals surface area contributed by atoms with Gasteiger partial charge in [0.25, 0.3) is 0 Å². The second kappa shape index (κ2) is 6.27. The number of alkyl halides is 6. The summed E-state index contributed by atoms with van der Waals surface area (Å²) < 4.78 is 118. The molecule has 0 aromatic carbocycles. The molecule has 0 heterocycles. The van der Waals surface area contributed by atoms with Crippen molar-refractivity contribution in [3.8, 4) is 0 Å². The van der Waals surface area contributed by atoms with Crippen molar-refractivity contribution in [1.29, 1.82) is 0 Å². The largest absolute Gasteiger partial charge is 0.741 e. The van der Waals surface area contributed by atoms with Crippen LogP contribution in [0.3, 0.4) is 0 Å². The molecule has 6 nitrogen and oxygen atoms in total. The maximum Gasteiger partial charge on any atom is 0.485 e. The molecule has 102 valence electrons. The van der Waals surface area contributed by atoms with Gasteiger partial charge in [-0.1, -0.05) is 0 Å². The molecule has 0 aromatic rings. The van der Waals surface area contributed by atoms with E-state index in [0.717, 1.165) is 0 Å². The van der Waals surface area contributed by atoms with Crippen LogP contribution in [0, 0.1) is 0 Å². The second-order valence-corrected chi connectivity index (χ2v) is 4.54. The summed E-state index contributed by atoms with van der Waals surface area (Å²) in [5.41, 5.74) is -11.3. The molecule has 0 fully saturated rings. The maximum absolute atomic E-state index is 10.7. The molecule has 0 aliphatic carbocycles. The summed E-state index contributed by atoms with van der Waals surface area (Å²) in [6.45, 7) is 0. The molecule has 0 aliphatic rings. The Morgan fingerprint density at radius 1 is 0.647 bits per heavy atom. The fraction of sp³-hybridized carbons (Fsp3) is 1.00. The Hall–Kier alpha value is 0.0234. The fourth-order valence-electron chi connectivity index (χ4n) is 0. The van der Waals surface area contributed by atoms with Crippen LogP contribution < -0.4 is 0 Å². The standard InChI is InChI=1S/2CHF3O3S.Zn/c2*2-1(3,4)8(5,6)7;/h2*(H,5,6,7);/p-2. The first kappa shape index (κ1) is 22.2. The predicted octanol–water partition coefficient (Wildman–Crippen LogP) is 0.100. The first-order valence-electron chi connectivity index (χ1n) is 2.54. The molecule has 0 aliphatic heterocycles. The molecule has 0 rings (SSSR count). The van der Waals surface area contributed by atoms with E-state index in [1.54, 1.807) is 0 Å². The van der Waals surface area contributed by atoms with Gasteiger partial charge in [-0.2, -0.15) is 26.3 Å². The van der Waals surface area contributed by atoms with Gasteiger partial charge in [-0.25, -0.2) is 16.8 Å². The zero-order valence-corrected chi connectivity index (χ0v) is 11.8. The molecule has 0 aromatic heterocycles. The van der Waals surface area contributed by atoms with Crippen molar-refractivity contribution in [1.82, 2.24) is 0 Å². The molecule has 0 amide bonds. The van der Waals surface area contributed by atoms with Crippen molar-refractivity contribution in [2.24, 2.45) is 0 Å². The minimum absolute atomic E-state index is 0. The molecular weight excluding hydrogens is 364 g/mol. The maximum atomic E-state index is 10.7. The van der Waals surface area contributed by atoms with Crippen LogP contribution in [0.25, 0.3) is 0 Å². The third-order valence-electron chi connectivity index (χ3n) is 0.567. The Morgan fingerprint density at radius 3 is 0.706 bits per heavy atom. The van der Waals surface area contributed by atoms with Crippen molar-refractivity contribution in [3.63, 3.8) is 0 Å². The molecule has 0 N–H and O–H groups in total. The van der Waals surface area contributed by atoms with Crippen LogP contribution in [-0.2, 0) is 39.7 Å². The minimum atomic E-state index is -6.09. The van der Waals surface area contributed by atoms with Gasteiger partial charge in [0.1, 0.15) is 0 Å². The van der Waals surface area contributed by atoms with Gasteiger partial charge < -0.3 is 9.11 Å². The zero-order valence-electron chi connectivity index (χ0n) is 7.24. The number of halogens is 6. The second-order valence-electron chi connectivity index (χ2n) is 1.80. The predicted molar refractivity (Wildman–Crippen MR) is 31.5 cm³/mol. The van der Waals surface area contributed by atoms with Crippen molar-refractivity contribution in [2.75, 3.05) is 0 Å². The topological polar surface area (TPSA) is 114 Å². The summed E-state index contributed by atoms with van der Waals surface area (Å²) in [6.07, 6.45) is 0. The van der Waals surface area contributed by atoms with E-state index in [-0.39, 0.29) is 19.5 Å². The van der Waals surface area contributed by atoms with Crippen LogP contribution >= 0.6 is 0 Å². The first-order valence-corrected chi connectivity index (χ1v) is 5.36. The SMILES string of the molecule is O=S(=O)([O-])C(F)(F)F.O=S(=O)([O-])C(F)(F)F.[Zn]. The monoisotopic (exact) mass is 362 g/mol. The van der Waals surface area contributed by atoms with Crippen LogP contribution in [0.4, 0.5) is 26.3 Å². The van der Waals surface area contributed by atoms with Crippen molar-refractivity contribution >= 4 is 20.2 Å². The van der Waals surface area contributed by atoms with Crippen molar-refractivity contribution in [3.05, 3.63) is 0 Å². The van der Waals surface area contributed by atoms with Crippen LogP contribution in [0.15, 0.2) is 0 Å². The molecule has 15 heteroatoms. The van der Waals surface area contributed by atoms with Gasteiger partial charge in [0.2, 0.25) is 0 Å². The number of hydrogen-bond acceptors (Lipinski definition) is 6. The van der Waals surface area contributed by atoms with E-state index in [1.807, 2.05) is 0 Å². The Morgan fingerprint density at radius 2 is 0.706 bits per heavy atom. The van der Waals surface area contributed by atoms with E-state index in [4.69, 9.17) is 25.9 Å². The molecular formula is C2F6O6S2Zn-2. The summed E-state index contributed by atoms with van der Waals surface area (Å²) in [4.78, 5) is 0. The summed E-state index contributed by atoms with van der Waals surface area (Å²) in [7, 11) is -12.2. The average Bonchev–Trinajstić information content (AvgIpc) is 1.77. The van der Waals surface area contributed by atoms with E-state index >= 15 is 0 Å². The molecule has 0 saturated heterocycles. The van der Waals surface area contributed by atoms with Crippen LogP contribution in [0.5, 0.6) is 0 Å². The zero-order chi connectivity index (χ0) is 14.0. The molecule has 0 saturated carbocycles. The summed E-state index contributed by atoms with van der Waals surface area (Å²) in [6, 6.07) is 0. The van der Waals surface area contributed by atoms with E-state index < -0.39 is 31.3 Å². The van der Waals surface area contributed by atoms with Crippen LogP contribution in [0.2, 0.25) is 0 Å². The summed E-state index contributed by atoms with van der Waals surface area (Å²) in [5, 5.41) is 0. The number of hydrogen-bond donors (Lipinski definition) is 0. The molecule has 0 unspecified atom stereocenters. The number of rotatable bonds is 0. The van der Waals surface area contributed by atoms with Crippen LogP contribution in [0.1, 0.15) is 0 Å². The molecule has 0 atom stereocenters.